The summed E-state index contributed by atoms with van der Waals surface area (Å²) in [6.45, 7) is 8.51. The SMILES string of the molecule is COCCNS(=O)(=O)NC1C(C)(C)C(N)C1(C)C. The van der Waals surface area contributed by atoms with Crippen molar-refractivity contribution >= 4 is 10.2 Å². The van der Waals surface area contributed by atoms with Gasteiger partial charge in [-0.1, -0.05) is 27.7 Å². The summed E-state index contributed by atoms with van der Waals surface area (Å²) in [7, 11) is -1.99. The first-order valence-electron chi connectivity index (χ1n) is 6.07. The van der Waals surface area contributed by atoms with E-state index >= 15 is 0 Å². The Morgan fingerprint density at radius 3 is 2.17 bits per heavy atom. The van der Waals surface area contributed by atoms with Gasteiger partial charge in [-0.25, -0.2) is 0 Å². The first-order chi connectivity index (χ1) is 8.05. The predicted molar refractivity (Wildman–Crippen MR) is 71.3 cm³/mol. The van der Waals surface area contributed by atoms with Gasteiger partial charge in [0.1, 0.15) is 0 Å². The van der Waals surface area contributed by atoms with E-state index < -0.39 is 10.2 Å². The molecule has 6 nitrogen and oxygen atoms in total. The first-order valence-corrected chi connectivity index (χ1v) is 7.55. The van der Waals surface area contributed by atoms with Crippen molar-refractivity contribution in [2.45, 2.75) is 39.8 Å². The second-order valence-corrected chi connectivity index (χ2v) is 7.59. The van der Waals surface area contributed by atoms with E-state index in [1.165, 1.54) is 7.11 Å². The maximum absolute atomic E-state index is 11.9. The third-order valence-corrected chi connectivity index (χ3v) is 5.09. The fourth-order valence-corrected chi connectivity index (χ4v) is 4.31. The summed E-state index contributed by atoms with van der Waals surface area (Å²) in [6.07, 6.45) is 0. The van der Waals surface area contributed by atoms with E-state index in [0.29, 0.717) is 6.61 Å². The number of ether oxygens (including phenoxy) is 1. The van der Waals surface area contributed by atoms with Gasteiger partial charge in [0.15, 0.2) is 0 Å². The molecule has 0 aromatic rings. The average Bonchev–Trinajstić information content (AvgIpc) is 2.25. The van der Waals surface area contributed by atoms with E-state index in [4.69, 9.17) is 10.5 Å². The number of hydrogen-bond acceptors (Lipinski definition) is 4. The second kappa shape index (κ2) is 5.05. The van der Waals surface area contributed by atoms with E-state index in [0.717, 1.165) is 0 Å². The highest BCUT2D eigenvalue weighted by Gasteiger charge is 2.60. The van der Waals surface area contributed by atoms with Gasteiger partial charge in [0.2, 0.25) is 0 Å². The standard InChI is InChI=1S/C11H25N3O3S/c1-10(2)8(12)11(3,4)9(10)14-18(15,16)13-6-7-17-5/h8-9,13-14H,6-7,12H2,1-5H3. The van der Waals surface area contributed by atoms with Crippen molar-refractivity contribution in [2.24, 2.45) is 16.6 Å². The predicted octanol–water partition coefficient (Wildman–Crippen LogP) is -0.181. The van der Waals surface area contributed by atoms with Gasteiger partial charge in [-0.05, 0) is 10.8 Å². The van der Waals surface area contributed by atoms with Gasteiger partial charge in [0, 0.05) is 25.7 Å². The van der Waals surface area contributed by atoms with Crippen molar-refractivity contribution in [1.82, 2.24) is 9.44 Å². The lowest BCUT2D eigenvalue weighted by Crippen LogP contribution is -2.76. The molecule has 0 saturated heterocycles. The molecule has 7 heteroatoms. The highest BCUT2D eigenvalue weighted by atomic mass is 32.2. The van der Waals surface area contributed by atoms with Crippen LogP contribution < -0.4 is 15.2 Å². The molecule has 0 bridgehead atoms. The Morgan fingerprint density at radius 2 is 1.72 bits per heavy atom. The molecule has 108 valence electrons. The number of rotatable bonds is 6. The molecular formula is C11H25N3O3S. The van der Waals surface area contributed by atoms with E-state index in [1.54, 1.807) is 0 Å². The normalized spacial score (nSPS) is 29.9. The number of methoxy groups -OCH3 is 1. The van der Waals surface area contributed by atoms with Crippen molar-refractivity contribution in [2.75, 3.05) is 20.3 Å². The van der Waals surface area contributed by atoms with Gasteiger partial charge in [0.25, 0.3) is 10.2 Å². The van der Waals surface area contributed by atoms with E-state index in [2.05, 4.69) is 9.44 Å². The third-order valence-electron chi connectivity index (χ3n) is 3.96. The highest BCUT2D eigenvalue weighted by molar-refractivity contribution is 7.87. The molecule has 4 N–H and O–H groups in total. The van der Waals surface area contributed by atoms with Crippen LogP contribution in [0.25, 0.3) is 0 Å². The van der Waals surface area contributed by atoms with Crippen LogP contribution >= 0.6 is 0 Å². The van der Waals surface area contributed by atoms with Crippen LogP contribution in [0.2, 0.25) is 0 Å². The summed E-state index contributed by atoms with van der Waals surface area (Å²) in [5.41, 5.74) is 5.59. The zero-order valence-corrected chi connectivity index (χ0v) is 12.6. The molecule has 0 aromatic heterocycles. The fourth-order valence-electron chi connectivity index (χ4n) is 2.96. The van der Waals surface area contributed by atoms with Crippen LogP contribution in [0.1, 0.15) is 27.7 Å². The summed E-state index contributed by atoms with van der Waals surface area (Å²) in [6, 6.07) is -0.211. The van der Waals surface area contributed by atoms with Gasteiger partial charge in [0.05, 0.1) is 6.61 Å². The topological polar surface area (TPSA) is 93.4 Å². The van der Waals surface area contributed by atoms with Gasteiger partial charge < -0.3 is 10.5 Å². The monoisotopic (exact) mass is 279 g/mol. The van der Waals surface area contributed by atoms with Crippen molar-refractivity contribution < 1.29 is 13.2 Å². The molecular weight excluding hydrogens is 254 g/mol. The number of hydrogen-bond donors (Lipinski definition) is 3. The summed E-state index contributed by atoms with van der Waals surface area (Å²) in [4.78, 5) is 0. The lowest BCUT2D eigenvalue weighted by molar-refractivity contribution is -0.0595. The van der Waals surface area contributed by atoms with Crippen molar-refractivity contribution in [1.29, 1.82) is 0 Å². The lowest BCUT2D eigenvalue weighted by atomic mass is 9.49. The maximum Gasteiger partial charge on any atom is 0.277 e. The molecule has 0 atom stereocenters. The molecule has 1 fully saturated rings. The molecule has 0 unspecified atom stereocenters. The van der Waals surface area contributed by atoms with Gasteiger partial charge >= 0.3 is 0 Å². The van der Waals surface area contributed by atoms with Crippen LogP contribution in [0.15, 0.2) is 0 Å². The van der Waals surface area contributed by atoms with Crippen molar-refractivity contribution in [3.05, 3.63) is 0 Å². The zero-order chi connectivity index (χ0) is 14.2. The van der Waals surface area contributed by atoms with Gasteiger partial charge in [-0.3, -0.25) is 0 Å². The van der Waals surface area contributed by atoms with Gasteiger partial charge in [-0.15, -0.1) is 0 Å². The Hall–Kier alpha value is -0.210. The Labute approximate surface area is 110 Å². The van der Waals surface area contributed by atoms with Crippen molar-refractivity contribution in [3.8, 4) is 0 Å². The Kier molecular flexibility index (Phi) is 4.45. The Bertz CT molecular complexity index is 376. The molecule has 1 saturated carbocycles. The average molecular weight is 279 g/mol. The molecule has 1 aliphatic rings. The lowest BCUT2D eigenvalue weighted by Gasteiger charge is -2.62. The van der Waals surface area contributed by atoms with E-state index in [9.17, 15) is 8.42 Å². The van der Waals surface area contributed by atoms with Crippen molar-refractivity contribution in [3.63, 3.8) is 0 Å². The van der Waals surface area contributed by atoms with Crippen LogP contribution in [0.5, 0.6) is 0 Å². The number of nitrogens with two attached hydrogens (primary N) is 1. The smallest absolute Gasteiger partial charge is 0.277 e. The molecule has 0 amide bonds. The maximum atomic E-state index is 11.9. The molecule has 18 heavy (non-hydrogen) atoms. The zero-order valence-electron chi connectivity index (χ0n) is 11.8. The summed E-state index contributed by atoms with van der Waals surface area (Å²) >= 11 is 0. The quantitative estimate of drug-likeness (QED) is 0.588. The largest absolute Gasteiger partial charge is 0.383 e. The van der Waals surface area contributed by atoms with Crippen LogP contribution in [-0.4, -0.2) is 40.8 Å². The molecule has 1 aliphatic carbocycles. The van der Waals surface area contributed by atoms with Gasteiger partial charge in [-0.2, -0.15) is 17.9 Å². The molecule has 0 aliphatic heterocycles. The van der Waals surface area contributed by atoms with Crippen LogP contribution in [0, 0.1) is 10.8 Å². The third kappa shape index (κ3) is 2.85. The minimum absolute atomic E-state index is 0.0309. The minimum atomic E-state index is -3.51. The highest BCUT2D eigenvalue weighted by Crippen LogP contribution is 2.52. The fraction of sp³-hybridized carbons (Fsp3) is 1.00. The van der Waals surface area contributed by atoms with E-state index in [-0.39, 0.29) is 29.5 Å². The molecule has 0 spiro atoms. The number of nitrogens with one attached hydrogen (secondary N) is 2. The first kappa shape index (κ1) is 15.8. The Balaban J connectivity index is 2.67. The van der Waals surface area contributed by atoms with Crippen LogP contribution in [0.4, 0.5) is 0 Å². The summed E-state index contributed by atoms with van der Waals surface area (Å²) < 4.78 is 33.7. The minimum Gasteiger partial charge on any atom is -0.383 e. The summed E-state index contributed by atoms with van der Waals surface area (Å²) in [5, 5.41) is 0. The second-order valence-electron chi connectivity index (χ2n) is 6.06. The molecule has 1 rings (SSSR count). The summed E-state index contributed by atoms with van der Waals surface area (Å²) in [5.74, 6) is 0. The molecule has 0 radical (unpaired) electrons. The van der Waals surface area contributed by atoms with E-state index in [1.807, 2.05) is 27.7 Å². The van der Waals surface area contributed by atoms with Crippen LogP contribution in [0.3, 0.4) is 0 Å². The molecule has 0 heterocycles. The Morgan fingerprint density at radius 1 is 1.22 bits per heavy atom. The molecule has 0 aromatic carbocycles. The van der Waals surface area contributed by atoms with Crippen LogP contribution in [-0.2, 0) is 14.9 Å².